The monoisotopic (exact) mass is 283 g/mol. The Hall–Kier alpha value is -2.10. The van der Waals surface area contributed by atoms with Gasteiger partial charge in [0.1, 0.15) is 0 Å². The van der Waals surface area contributed by atoms with Crippen LogP contribution in [0.2, 0.25) is 0 Å². The van der Waals surface area contributed by atoms with Crippen molar-refractivity contribution in [3.8, 4) is 0 Å². The van der Waals surface area contributed by atoms with Gasteiger partial charge in [0.25, 0.3) is 0 Å². The summed E-state index contributed by atoms with van der Waals surface area (Å²) in [5.74, 6) is -1.90. The highest BCUT2D eigenvalue weighted by Crippen LogP contribution is 2.72. The number of carboxylic acids is 1. The first kappa shape index (κ1) is 12.6. The van der Waals surface area contributed by atoms with E-state index in [9.17, 15) is 14.7 Å². The summed E-state index contributed by atoms with van der Waals surface area (Å²) >= 11 is 0. The van der Waals surface area contributed by atoms with E-state index in [1.807, 2.05) is 36.4 Å². The Kier molecular flexibility index (Phi) is 2.52. The SMILES string of the molecule is O=C(O)[C@@H]1[C@H](C(=O)Nc2ccccc2)[C@@H]2C=C[C@H]1C21CC1. The highest BCUT2D eigenvalue weighted by molar-refractivity contribution is 5.96. The first-order valence-electron chi connectivity index (χ1n) is 7.40. The topological polar surface area (TPSA) is 66.4 Å². The molecule has 4 nitrogen and oxygen atoms in total. The molecule has 0 unspecified atom stereocenters. The summed E-state index contributed by atoms with van der Waals surface area (Å²) in [6, 6.07) is 9.24. The second kappa shape index (κ2) is 4.20. The van der Waals surface area contributed by atoms with Crippen LogP contribution in [0, 0.1) is 29.1 Å². The number of carboxylic acid groups (broad SMARTS) is 1. The molecule has 4 rings (SSSR count). The van der Waals surface area contributed by atoms with Crippen molar-refractivity contribution in [2.24, 2.45) is 29.1 Å². The molecule has 2 saturated carbocycles. The molecule has 1 aromatic carbocycles. The van der Waals surface area contributed by atoms with Crippen LogP contribution >= 0.6 is 0 Å². The molecule has 2 fully saturated rings. The van der Waals surface area contributed by atoms with Crippen molar-refractivity contribution in [2.45, 2.75) is 12.8 Å². The second-order valence-corrected chi connectivity index (χ2v) is 6.41. The third kappa shape index (κ3) is 1.68. The zero-order chi connectivity index (χ0) is 14.6. The summed E-state index contributed by atoms with van der Waals surface area (Å²) in [7, 11) is 0. The normalized spacial score (nSPS) is 34.1. The highest BCUT2D eigenvalue weighted by atomic mass is 16.4. The third-order valence-corrected chi connectivity index (χ3v) is 5.47. The van der Waals surface area contributed by atoms with Crippen molar-refractivity contribution >= 4 is 17.6 Å². The van der Waals surface area contributed by atoms with Crippen LogP contribution in [-0.2, 0) is 9.59 Å². The molecule has 2 bridgehead atoms. The van der Waals surface area contributed by atoms with Crippen LogP contribution in [0.1, 0.15) is 12.8 Å². The van der Waals surface area contributed by atoms with E-state index in [0.717, 1.165) is 18.5 Å². The maximum Gasteiger partial charge on any atom is 0.307 e. The number of rotatable bonds is 3. The number of carbonyl (C=O) groups excluding carboxylic acids is 1. The number of benzene rings is 1. The predicted octanol–water partition coefficient (Wildman–Crippen LogP) is 2.54. The first-order chi connectivity index (χ1) is 10.1. The van der Waals surface area contributed by atoms with Crippen LogP contribution < -0.4 is 5.32 Å². The van der Waals surface area contributed by atoms with Crippen molar-refractivity contribution in [1.29, 1.82) is 0 Å². The third-order valence-electron chi connectivity index (χ3n) is 5.47. The van der Waals surface area contributed by atoms with Gasteiger partial charge in [-0.25, -0.2) is 0 Å². The van der Waals surface area contributed by atoms with E-state index in [1.54, 1.807) is 0 Å². The van der Waals surface area contributed by atoms with E-state index in [-0.39, 0.29) is 23.2 Å². The van der Waals surface area contributed by atoms with E-state index in [0.29, 0.717) is 0 Å². The Bertz CT molecular complexity index is 633. The van der Waals surface area contributed by atoms with Gasteiger partial charge in [0.05, 0.1) is 11.8 Å². The van der Waals surface area contributed by atoms with Crippen LogP contribution in [0.25, 0.3) is 0 Å². The largest absolute Gasteiger partial charge is 0.481 e. The molecular formula is C17H17NO3. The lowest BCUT2D eigenvalue weighted by Crippen LogP contribution is -2.36. The molecule has 0 radical (unpaired) electrons. The molecule has 0 aromatic heterocycles. The number of carbonyl (C=O) groups is 2. The second-order valence-electron chi connectivity index (χ2n) is 6.41. The fourth-order valence-corrected chi connectivity index (χ4v) is 4.44. The predicted molar refractivity (Wildman–Crippen MR) is 77.5 cm³/mol. The smallest absolute Gasteiger partial charge is 0.307 e. The van der Waals surface area contributed by atoms with Crippen LogP contribution in [0.4, 0.5) is 5.69 Å². The summed E-state index contributed by atoms with van der Waals surface area (Å²) in [6.45, 7) is 0. The van der Waals surface area contributed by atoms with Crippen LogP contribution in [0.3, 0.4) is 0 Å². The molecule has 0 heterocycles. The molecule has 4 atom stereocenters. The molecule has 3 aliphatic rings. The summed E-state index contributed by atoms with van der Waals surface area (Å²) < 4.78 is 0. The minimum Gasteiger partial charge on any atom is -0.481 e. The lowest BCUT2D eigenvalue weighted by molar-refractivity contribution is -0.146. The highest BCUT2D eigenvalue weighted by Gasteiger charge is 2.70. The number of nitrogens with one attached hydrogen (secondary N) is 1. The molecule has 1 aromatic rings. The standard InChI is InChI=1S/C17H17NO3/c19-15(18-10-4-2-1-3-5-10)13-11-6-7-12(14(13)16(20)21)17(11)8-9-17/h1-7,11-14H,8-9H2,(H,18,19)(H,20,21)/t11-,12+,13+,14-/m0/s1. The Labute approximate surface area is 122 Å². The zero-order valence-electron chi connectivity index (χ0n) is 11.5. The minimum absolute atomic E-state index is 0.0338. The average Bonchev–Trinajstić information content (AvgIpc) is 3.13. The molecule has 0 aliphatic heterocycles. The van der Waals surface area contributed by atoms with Crippen molar-refractivity contribution in [1.82, 2.24) is 0 Å². The first-order valence-corrected chi connectivity index (χ1v) is 7.40. The fraction of sp³-hybridized carbons (Fsp3) is 0.412. The van der Waals surface area contributed by atoms with Gasteiger partial charge in [0, 0.05) is 5.69 Å². The van der Waals surface area contributed by atoms with E-state index < -0.39 is 17.8 Å². The van der Waals surface area contributed by atoms with E-state index in [2.05, 4.69) is 11.4 Å². The van der Waals surface area contributed by atoms with Gasteiger partial charge in [0.2, 0.25) is 5.91 Å². The van der Waals surface area contributed by atoms with Gasteiger partial charge in [-0.3, -0.25) is 9.59 Å². The molecular weight excluding hydrogens is 266 g/mol. The molecule has 4 heteroatoms. The molecule has 0 saturated heterocycles. The number of allylic oxidation sites excluding steroid dienone is 2. The van der Waals surface area contributed by atoms with Crippen molar-refractivity contribution < 1.29 is 14.7 Å². The van der Waals surface area contributed by atoms with Crippen molar-refractivity contribution in [3.05, 3.63) is 42.5 Å². The minimum atomic E-state index is -0.841. The van der Waals surface area contributed by atoms with Crippen molar-refractivity contribution in [2.75, 3.05) is 5.32 Å². The van der Waals surface area contributed by atoms with Crippen LogP contribution in [0.5, 0.6) is 0 Å². The summed E-state index contributed by atoms with van der Waals surface area (Å²) in [5, 5.41) is 12.4. The molecule has 21 heavy (non-hydrogen) atoms. The zero-order valence-corrected chi connectivity index (χ0v) is 11.5. The van der Waals surface area contributed by atoms with E-state index in [4.69, 9.17) is 0 Å². The number of hydrogen-bond acceptors (Lipinski definition) is 2. The lowest BCUT2D eigenvalue weighted by Gasteiger charge is -2.23. The molecule has 2 N–H and O–H groups in total. The van der Waals surface area contributed by atoms with Gasteiger partial charge in [0.15, 0.2) is 0 Å². The van der Waals surface area contributed by atoms with Gasteiger partial charge in [-0.1, -0.05) is 30.4 Å². The van der Waals surface area contributed by atoms with Gasteiger partial charge in [-0.15, -0.1) is 0 Å². The lowest BCUT2D eigenvalue weighted by atomic mass is 9.82. The van der Waals surface area contributed by atoms with Gasteiger partial charge in [-0.05, 0) is 42.2 Å². The number of amides is 1. The van der Waals surface area contributed by atoms with Crippen LogP contribution in [0.15, 0.2) is 42.5 Å². The maximum atomic E-state index is 12.6. The maximum absolute atomic E-state index is 12.6. The molecule has 1 spiro atoms. The number of hydrogen-bond donors (Lipinski definition) is 2. The van der Waals surface area contributed by atoms with Gasteiger partial charge < -0.3 is 10.4 Å². The summed E-state index contributed by atoms with van der Waals surface area (Å²) in [4.78, 5) is 24.3. The fourth-order valence-electron chi connectivity index (χ4n) is 4.44. The summed E-state index contributed by atoms with van der Waals surface area (Å²) in [6.07, 6.45) is 6.21. The Morgan fingerprint density at radius 1 is 1.05 bits per heavy atom. The molecule has 1 amide bonds. The Morgan fingerprint density at radius 3 is 2.24 bits per heavy atom. The average molecular weight is 283 g/mol. The molecule has 3 aliphatic carbocycles. The van der Waals surface area contributed by atoms with Gasteiger partial charge >= 0.3 is 5.97 Å². The van der Waals surface area contributed by atoms with E-state index >= 15 is 0 Å². The quantitative estimate of drug-likeness (QED) is 0.838. The summed E-state index contributed by atoms with van der Waals surface area (Å²) in [5.41, 5.74) is 0.796. The number of anilines is 1. The Balaban J connectivity index is 1.63. The van der Waals surface area contributed by atoms with E-state index in [1.165, 1.54) is 0 Å². The number of aliphatic carboxylic acids is 1. The molecule has 108 valence electrons. The van der Waals surface area contributed by atoms with Crippen LogP contribution in [-0.4, -0.2) is 17.0 Å². The van der Waals surface area contributed by atoms with Crippen molar-refractivity contribution in [3.63, 3.8) is 0 Å². The van der Waals surface area contributed by atoms with Gasteiger partial charge in [-0.2, -0.15) is 0 Å². The Morgan fingerprint density at radius 2 is 1.67 bits per heavy atom. The number of para-hydroxylation sites is 1.